The zero-order valence-corrected chi connectivity index (χ0v) is 15.1. The lowest BCUT2D eigenvalue weighted by atomic mass is 10.1. The third-order valence-electron chi connectivity index (χ3n) is 3.58. The van der Waals surface area contributed by atoms with Crippen LogP contribution in [0.25, 0.3) is 0 Å². The molecule has 2 nitrogen and oxygen atoms in total. The number of rotatable bonds is 2. The molecule has 0 atom stereocenters. The van der Waals surface area contributed by atoms with Crippen LogP contribution in [0.1, 0.15) is 11.1 Å². The lowest BCUT2D eigenvalue weighted by molar-refractivity contribution is 0.248. The fourth-order valence-electron chi connectivity index (χ4n) is 2.67. The maximum atomic E-state index is 3.49. The van der Waals surface area contributed by atoms with Crippen molar-refractivity contribution < 1.29 is 0 Å². The second-order valence-corrected chi connectivity index (χ2v) is 7.39. The molecule has 0 spiro atoms. The van der Waals surface area contributed by atoms with Crippen LogP contribution >= 0.6 is 38.5 Å². The Morgan fingerprint density at radius 2 is 1.90 bits per heavy atom. The van der Waals surface area contributed by atoms with E-state index in [1.807, 2.05) is 0 Å². The summed E-state index contributed by atoms with van der Waals surface area (Å²) < 4.78 is 2.44. The zero-order chi connectivity index (χ0) is 14.1. The molecule has 2 aromatic rings. The molecule has 1 aliphatic heterocycles. The first-order valence-electron chi connectivity index (χ1n) is 6.58. The van der Waals surface area contributed by atoms with Gasteiger partial charge in [0, 0.05) is 33.9 Å². The molecule has 0 saturated carbocycles. The second kappa shape index (κ2) is 6.03. The van der Waals surface area contributed by atoms with Crippen molar-refractivity contribution in [1.82, 2.24) is 4.90 Å². The average Bonchev–Trinajstić information content (AvgIpc) is 2.41. The minimum absolute atomic E-state index is 0.976. The van der Waals surface area contributed by atoms with Crippen molar-refractivity contribution >= 4 is 44.2 Å². The summed E-state index contributed by atoms with van der Waals surface area (Å²) in [7, 11) is 2.17. The molecule has 1 aliphatic rings. The molecular weight excluding hydrogens is 427 g/mol. The minimum atomic E-state index is 0.976. The van der Waals surface area contributed by atoms with Gasteiger partial charge in [0.2, 0.25) is 0 Å². The monoisotopic (exact) mass is 442 g/mol. The highest BCUT2D eigenvalue weighted by Crippen LogP contribution is 2.28. The van der Waals surface area contributed by atoms with Gasteiger partial charge >= 0.3 is 0 Å². The summed E-state index contributed by atoms with van der Waals surface area (Å²) in [5, 5.41) is 0. The molecule has 0 aliphatic carbocycles. The van der Waals surface area contributed by atoms with E-state index >= 15 is 0 Å². The van der Waals surface area contributed by atoms with Gasteiger partial charge in [-0.2, -0.15) is 0 Å². The second-order valence-electron chi connectivity index (χ2n) is 5.23. The van der Waals surface area contributed by atoms with Crippen molar-refractivity contribution in [2.45, 2.75) is 13.1 Å². The van der Waals surface area contributed by atoms with Gasteiger partial charge in [-0.15, -0.1) is 0 Å². The summed E-state index contributed by atoms with van der Waals surface area (Å²) in [6.45, 7) is 2.98. The van der Waals surface area contributed by atoms with Crippen LogP contribution in [0.2, 0.25) is 0 Å². The van der Waals surface area contributed by atoms with Gasteiger partial charge < -0.3 is 4.90 Å². The third-order valence-corrected chi connectivity index (χ3v) is 4.78. The number of anilines is 1. The van der Waals surface area contributed by atoms with Crippen LogP contribution in [0.5, 0.6) is 0 Å². The first-order valence-corrected chi connectivity index (χ1v) is 8.45. The molecule has 0 saturated heterocycles. The van der Waals surface area contributed by atoms with Crippen molar-refractivity contribution in [1.29, 1.82) is 0 Å². The van der Waals surface area contributed by atoms with Gasteiger partial charge in [-0.25, -0.2) is 0 Å². The standard InChI is InChI=1S/C16H16BrIN2/c1-19-11-20(9-12-2-4-14(17)5-3-12)10-13-8-15(18)6-7-16(13)19/h2-8H,9-11H2,1H3. The minimum Gasteiger partial charge on any atom is -0.361 e. The van der Waals surface area contributed by atoms with E-state index in [1.54, 1.807) is 0 Å². The van der Waals surface area contributed by atoms with E-state index in [9.17, 15) is 0 Å². The summed E-state index contributed by atoms with van der Waals surface area (Å²) in [6.07, 6.45) is 0. The molecule has 0 unspecified atom stereocenters. The van der Waals surface area contributed by atoms with Crippen molar-refractivity contribution in [2.24, 2.45) is 0 Å². The van der Waals surface area contributed by atoms with Crippen molar-refractivity contribution in [2.75, 3.05) is 18.6 Å². The Morgan fingerprint density at radius 1 is 1.15 bits per heavy atom. The van der Waals surface area contributed by atoms with Crippen LogP contribution in [-0.4, -0.2) is 18.6 Å². The Bertz CT molecular complexity index is 612. The Labute approximate surface area is 142 Å². The van der Waals surface area contributed by atoms with E-state index in [2.05, 4.69) is 97.8 Å². The molecule has 2 aromatic carbocycles. The SMILES string of the molecule is CN1CN(Cc2ccc(Br)cc2)Cc2cc(I)ccc21. The molecule has 0 bridgehead atoms. The third kappa shape index (κ3) is 3.18. The quantitative estimate of drug-likeness (QED) is 0.633. The molecule has 0 aromatic heterocycles. The highest BCUT2D eigenvalue weighted by atomic mass is 127. The van der Waals surface area contributed by atoms with E-state index in [1.165, 1.54) is 20.4 Å². The predicted octanol–water partition coefficient (Wildman–Crippen LogP) is 4.46. The van der Waals surface area contributed by atoms with E-state index in [0.29, 0.717) is 0 Å². The molecule has 3 rings (SSSR count). The highest BCUT2D eigenvalue weighted by molar-refractivity contribution is 14.1. The molecular formula is C16H16BrIN2. The van der Waals surface area contributed by atoms with E-state index < -0.39 is 0 Å². The summed E-state index contributed by atoms with van der Waals surface area (Å²) >= 11 is 5.87. The molecule has 1 heterocycles. The van der Waals surface area contributed by atoms with Gasteiger partial charge in [0.05, 0.1) is 6.67 Å². The fourth-order valence-corrected chi connectivity index (χ4v) is 3.49. The number of hydrogen-bond acceptors (Lipinski definition) is 2. The van der Waals surface area contributed by atoms with E-state index in [-0.39, 0.29) is 0 Å². The molecule has 20 heavy (non-hydrogen) atoms. The lowest BCUT2D eigenvalue weighted by Gasteiger charge is -2.36. The molecule has 4 heteroatoms. The van der Waals surface area contributed by atoms with Crippen LogP contribution in [-0.2, 0) is 13.1 Å². The van der Waals surface area contributed by atoms with Crippen molar-refractivity contribution in [3.8, 4) is 0 Å². The summed E-state index contributed by atoms with van der Waals surface area (Å²) in [5.74, 6) is 0. The molecule has 0 fully saturated rings. The highest BCUT2D eigenvalue weighted by Gasteiger charge is 2.20. The van der Waals surface area contributed by atoms with Gasteiger partial charge in [-0.05, 0) is 64.0 Å². The van der Waals surface area contributed by atoms with Crippen molar-refractivity contribution in [3.63, 3.8) is 0 Å². The fraction of sp³-hybridized carbons (Fsp3) is 0.250. The Hall–Kier alpha value is -0.590. The number of benzene rings is 2. The van der Waals surface area contributed by atoms with Gasteiger partial charge in [-0.3, -0.25) is 4.90 Å². The molecule has 104 valence electrons. The predicted molar refractivity (Wildman–Crippen MR) is 95.8 cm³/mol. The van der Waals surface area contributed by atoms with Crippen LogP contribution in [0.4, 0.5) is 5.69 Å². The zero-order valence-electron chi connectivity index (χ0n) is 11.3. The first-order chi connectivity index (χ1) is 9.61. The lowest BCUT2D eigenvalue weighted by Crippen LogP contribution is -2.39. The number of fused-ring (bicyclic) bond motifs is 1. The maximum absolute atomic E-state index is 3.49. The van der Waals surface area contributed by atoms with E-state index in [4.69, 9.17) is 0 Å². The van der Waals surface area contributed by atoms with Gasteiger partial charge in [-0.1, -0.05) is 28.1 Å². The normalized spacial score (nSPS) is 15.2. The summed E-state index contributed by atoms with van der Waals surface area (Å²) in [6, 6.07) is 15.3. The average molecular weight is 443 g/mol. The summed E-state index contributed by atoms with van der Waals surface area (Å²) in [4.78, 5) is 4.80. The Morgan fingerprint density at radius 3 is 2.65 bits per heavy atom. The number of hydrogen-bond donors (Lipinski definition) is 0. The Kier molecular flexibility index (Phi) is 4.33. The largest absolute Gasteiger partial charge is 0.361 e. The Balaban J connectivity index is 1.78. The smallest absolute Gasteiger partial charge is 0.0709 e. The van der Waals surface area contributed by atoms with Crippen LogP contribution in [0.3, 0.4) is 0 Å². The maximum Gasteiger partial charge on any atom is 0.0709 e. The number of nitrogens with zero attached hydrogens (tertiary/aromatic N) is 2. The molecule has 0 amide bonds. The summed E-state index contributed by atoms with van der Waals surface area (Å²) in [5.41, 5.74) is 4.14. The molecule has 0 radical (unpaired) electrons. The van der Waals surface area contributed by atoms with Crippen LogP contribution in [0, 0.1) is 3.57 Å². The number of halogens is 2. The van der Waals surface area contributed by atoms with E-state index in [0.717, 1.165) is 24.2 Å². The topological polar surface area (TPSA) is 6.48 Å². The van der Waals surface area contributed by atoms with Crippen LogP contribution < -0.4 is 4.90 Å². The van der Waals surface area contributed by atoms with Gasteiger partial charge in [0.25, 0.3) is 0 Å². The first kappa shape index (κ1) is 14.4. The van der Waals surface area contributed by atoms with Gasteiger partial charge in [0.1, 0.15) is 0 Å². The van der Waals surface area contributed by atoms with Crippen LogP contribution in [0.15, 0.2) is 46.9 Å². The van der Waals surface area contributed by atoms with Crippen molar-refractivity contribution in [3.05, 3.63) is 61.6 Å². The molecule has 0 N–H and O–H groups in total. The van der Waals surface area contributed by atoms with Gasteiger partial charge in [0.15, 0.2) is 0 Å².